The lowest BCUT2D eigenvalue weighted by Crippen LogP contribution is -2.34. The zero-order valence-corrected chi connectivity index (χ0v) is 12.6. The van der Waals surface area contributed by atoms with Gasteiger partial charge in [0.1, 0.15) is 0 Å². The maximum Gasteiger partial charge on any atom is 0.00224 e. The predicted molar refractivity (Wildman–Crippen MR) is 78.8 cm³/mol. The number of likely N-dealkylation sites (tertiary alicyclic amines) is 1. The van der Waals surface area contributed by atoms with Crippen LogP contribution in [0.5, 0.6) is 0 Å². The molecule has 0 aromatic carbocycles. The third kappa shape index (κ3) is 4.24. The van der Waals surface area contributed by atoms with Crippen LogP contribution >= 0.6 is 0 Å². The molecule has 0 radical (unpaired) electrons. The first-order chi connectivity index (χ1) is 8.65. The summed E-state index contributed by atoms with van der Waals surface area (Å²) in [6.07, 6.45) is 7.30. The average molecular weight is 252 g/mol. The van der Waals surface area contributed by atoms with Crippen molar-refractivity contribution in [2.24, 2.45) is 17.8 Å². The molecule has 2 aliphatic rings. The molecule has 2 heteroatoms. The second-order valence-corrected chi connectivity index (χ2v) is 7.00. The minimum absolute atomic E-state index is 0.636. The summed E-state index contributed by atoms with van der Waals surface area (Å²) in [6.45, 7) is 12.2. The third-order valence-corrected chi connectivity index (χ3v) is 4.97. The van der Waals surface area contributed by atoms with Crippen LogP contribution in [0.15, 0.2) is 0 Å². The van der Waals surface area contributed by atoms with Crippen LogP contribution in [0, 0.1) is 17.8 Å². The molecule has 18 heavy (non-hydrogen) atoms. The highest BCUT2D eigenvalue weighted by Crippen LogP contribution is 2.31. The van der Waals surface area contributed by atoms with Crippen LogP contribution < -0.4 is 5.32 Å². The third-order valence-electron chi connectivity index (χ3n) is 4.97. The lowest BCUT2D eigenvalue weighted by Gasteiger charge is -2.32. The minimum Gasteiger partial charge on any atom is -0.314 e. The van der Waals surface area contributed by atoms with E-state index in [0.717, 1.165) is 17.8 Å². The maximum absolute atomic E-state index is 3.59. The monoisotopic (exact) mass is 252 g/mol. The SMILES string of the molecule is CC(C)NCC1CCN(CC2CCCCC2C)C1. The van der Waals surface area contributed by atoms with E-state index in [-0.39, 0.29) is 0 Å². The van der Waals surface area contributed by atoms with E-state index >= 15 is 0 Å². The van der Waals surface area contributed by atoms with Gasteiger partial charge in [0.25, 0.3) is 0 Å². The van der Waals surface area contributed by atoms with E-state index in [0.29, 0.717) is 6.04 Å². The van der Waals surface area contributed by atoms with Gasteiger partial charge in [-0.2, -0.15) is 0 Å². The standard InChI is InChI=1S/C16H32N2/c1-13(2)17-10-15-8-9-18(11-15)12-16-7-5-4-6-14(16)3/h13-17H,4-12H2,1-3H3. The van der Waals surface area contributed by atoms with Gasteiger partial charge >= 0.3 is 0 Å². The van der Waals surface area contributed by atoms with E-state index in [1.165, 1.54) is 58.3 Å². The summed E-state index contributed by atoms with van der Waals surface area (Å²) in [7, 11) is 0. The Balaban J connectivity index is 1.68. The lowest BCUT2D eigenvalue weighted by molar-refractivity contribution is 0.177. The molecule has 0 aromatic rings. The molecule has 0 spiro atoms. The zero-order valence-electron chi connectivity index (χ0n) is 12.6. The molecule has 1 heterocycles. The van der Waals surface area contributed by atoms with E-state index in [2.05, 4.69) is 31.0 Å². The number of nitrogens with one attached hydrogen (secondary N) is 1. The van der Waals surface area contributed by atoms with E-state index in [1.807, 2.05) is 0 Å². The predicted octanol–water partition coefficient (Wildman–Crippen LogP) is 3.13. The van der Waals surface area contributed by atoms with Crippen molar-refractivity contribution in [2.75, 3.05) is 26.2 Å². The fourth-order valence-corrected chi connectivity index (χ4v) is 3.64. The molecule has 3 atom stereocenters. The molecule has 3 unspecified atom stereocenters. The van der Waals surface area contributed by atoms with Gasteiger partial charge in [0.15, 0.2) is 0 Å². The fraction of sp³-hybridized carbons (Fsp3) is 1.00. The van der Waals surface area contributed by atoms with Gasteiger partial charge in [-0.25, -0.2) is 0 Å². The van der Waals surface area contributed by atoms with Gasteiger partial charge in [0, 0.05) is 19.1 Å². The molecule has 0 aromatic heterocycles. The van der Waals surface area contributed by atoms with Crippen LogP contribution in [0.4, 0.5) is 0 Å². The van der Waals surface area contributed by atoms with Crippen molar-refractivity contribution >= 4 is 0 Å². The number of rotatable bonds is 5. The second kappa shape index (κ2) is 6.91. The number of nitrogens with zero attached hydrogens (tertiary/aromatic N) is 1. The Labute approximate surface area is 114 Å². The van der Waals surface area contributed by atoms with Crippen molar-refractivity contribution in [3.05, 3.63) is 0 Å². The minimum atomic E-state index is 0.636. The van der Waals surface area contributed by atoms with E-state index in [9.17, 15) is 0 Å². The van der Waals surface area contributed by atoms with Gasteiger partial charge in [-0.05, 0) is 43.7 Å². The van der Waals surface area contributed by atoms with Crippen molar-refractivity contribution in [1.29, 1.82) is 0 Å². The molecule has 1 saturated carbocycles. The van der Waals surface area contributed by atoms with Crippen molar-refractivity contribution in [1.82, 2.24) is 10.2 Å². The highest BCUT2D eigenvalue weighted by Gasteiger charge is 2.28. The molecule has 1 saturated heterocycles. The first kappa shape index (κ1) is 14.3. The van der Waals surface area contributed by atoms with Gasteiger partial charge < -0.3 is 10.2 Å². The molecule has 0 bridgehead atoms. The Bertz CT molecular complexity index is 239. The van der Waals surface area contributed by atoms with Crippen LogP contribution in [0.1, 0.15) is 52.9 Å². The van der Waals surface area contributed by atoms with Crippen molar-refractivity contribution in [2.45, 2.75) is 58.9 Å². The molecular formula is C16H32N2. The summed E-state index contributed by atoms with van der Waals surface area (Å²) in [4.78, 5) is 2.74. The Morgan fingerprint density at radius 1 is 1.17 bits per heavy atom. The number of hydrogen-bond donors (Lipinski definition) is 1. The number of hydrogen-bond acceptors (Lipinski definition) is 2. The lowest BCUT2D eigenvalue weighted by atomic mass is 9.80. The molecule has 1 aliphatic heterocycles. The summed E-state index contributed by atoms with van der Waals surface area (Å²) in [6, 6.07) is 0.636. The van der Waals surface area contributed by atoms with E-state index < -0.39 is 0 Å². The second-order valence-electron chi connectivity index (χ2n) is 7.00. The van der Waals surface area contributed by atoms with Gasteiger partial charge in [-0.1, -0.05) is 40.0 Å². The Hall–Kier alpha value is -0.0800. The van der Waals surface area contributed by atoms with Crippen molar-refractivity contribution in [3.63, 3.8) is 0 Å². The Morgan fingerprint density at radius 2 is 1.94 bits per heavy atom. The summed E-state index contributed by atoms with van der Waals surface area (Å²) < 4.78 is 0. The first-order valence-corrected chi connectivity index (χ1v) is 8.11. The highest BCUT2D eigenvalue weighted by molar-refractivity contribution is 4.82. The van der Waals surface area contributed by atoms with E-state index in [4.69, 9.17) is 0 Å². The zero-order chi connectivity index (χ0) is 13.0. The van der Waals surface area contributed by atoms with Crippen LogP contribution in [-0.4, -0.2) is 37.1 Å². The van der Waals surface area contributed by atoms with Crippen LogP contribution in [0.2, 0.25) is 0 Å². The van der Waals surface area contributed by atoms with Crippen molar-refractivity contribution in [3.8, 4) is 0 Å². The fourth-order valence-electron chi connectivity index (χ4n) is 3.64. The van der Waals surface area contributed by atoms with Crippen LogP contribution in [0.3, 0.4) is 0 Å². The van der Waals surface area contributed by atoms with Gasteiger partial charge in [0.2, 0.25) is 0 Å². The Kier molecular flexibility index (Phi) is 5.50. The molecule has 1 aliphatic carbocycles. The Morgan fingerprint density at radius 3 is 2.67 bits per heavy atom. The largest absolute Gasteiger partial charge is 0.314 e. The molecule has 2 rings (SSSR count). The summed E-state index contributed by atoms with van der Waals surface area (Å²) >= 11 is 0. The van der Waals surface area contributed by atoms with Crippen LogP contribution in [-0.2, 0) is 0 Å². The molecule has 2 fully saturated rings. The summed E-state index contributed by atoms with van der Waals surface area (Å²) in [5.74, 6) is 2.84. The van der Waals surface area contributed by atoms with Gasteiger partial charge in [-0.3, -0.25) is 0 Å². The smallest absolute Gasteiger partial charge is 0.00224 e. The van der Waals surface area contributed by atoms with Gasteiger partial charge in [0.05, 0.1) is 0 Å². The van der Waals surface area contributed by atoms with Gasteiger partial charge in [-0.15, -0.1) is 0 Å². The maximum atomic E-state index is 3.59. The van der Waals surface area contributed by atoms with E-state index in [1.54, 1.807) is 0 Å². The summed E-state index contributed by atoms with van der Waals surface area (Å²) in [5, 5.41) is 3.59. The highest BCUT2D eigenvalue weighted by atomic mass is 15.2. The van der Waals surface area contributed by atoms with Crippen molar-refractivity contribution < 1.29 is 0 Å². The molecule has 1 N–H and O–H groups in total. The molecular weight excluding hydrogens is 220 g/mol. The first-order valence-electron chi connectivity index (χ1n) is 8.11. The quantitative estimate of drug-likeness (QED) is 0.809. The normalized spacial score (nSPS) is 34.3. The molecule has 2 nitrogen and oxygen atoms in total. The molecule has 106 valence electrons. The molecule has 0 amide bonds. The topological polar surface area (TPSA) is 15.3 Å². The summed E-state index contributed by atoms with van der Waals surface area (Å²) in [5.41, 5.74) is 0. The average Bonchev–Trinajstić information content (AvgIpc) is 2.77. The van der Waals surface area contributed by atoms with Crippen LogP contribution in [0.25, 0.3) is 0 Å².